The molecule has 0 saturated carbocycles. The number of fused-ring (bicyclic) bond motifs is 1. The normalized spacial score (nSPS) is 16.1. The fourth-order valence-electron chi connectivity index (χ4n) is 3.64. The molecule has 6 nitrogen and oxygen atoms in total. The average Bonchev–Trinajstić information content (AvgIpc) is 3.42. The average molecular weight is 441 g/mol. The van der Waals surface area contributed by atoms with Gasteiger partial charge in [0.2, 0.25) is 0 Å². The van der Waals surface area contributed by atoms with Gasteiger partial charge in [0, 0.05) is 12.2 Å². The number of anilines is 1. The number of nitrogens with zero attached hydrogens (tertiary/aromatic N) is 2. The van der Waals surface area contributed by atoms with E-state index >= 15 is 0 Å². The van der Waals surface area contributed by atoms with Crippen LogP contribution < -0.4 is 14.4 Å². The highest BCUT2D eigenvalue weighted by Crippen LogP contribution is 2.35. The van der Waals surface area contributed by atoms with Crippen LogP contribution in [0.5, 0.6) is 11.5 Å². The number of ether oxygens (including phenoxy) is 3. The van der Waals surface area contributed by atoms with Crippen molar-refractivity contribution in [1.29, 1.82) is 0 Å². The van der Waals surface area contributed by atoms with Gasteiger partial charge in [-0.2, -0.15) is 0 Å². The summed E-state index contributed by atoms with van der Waals surface area (Å²) in [6.07, 6.45) is 2.06. The Labute approximate surface area is 186 Å². The van der Waals surface area contributed by atoms with Crippen LogP contribution in [-0.2, 0) is 4.74 Å². The highest BCUT2D eigenvalue weighted by atomic mass is 32.1. The molecule has 1 saturated heterocycles. The summed E-state index contributed by atoms with van der Waals surface area (Å²) in [4.78, 5) is 20.1. The van der Waals surface area contributed by atoms with Crippen LogP contribution in [0.1, 0.15) is 44.0 Å². The fraction of sp³-hybridized carbons (Fsp3) is 0.417. The summed E-state index contributed by atoms with van der Waals surface area (Å²) in [6, 6.07) is 13.2. The lowest BCUT2D eigenvalue weighted by Crippen LogP contribution is -2.37. The Balaban J connectivity index is 1.66. The Morgan fingerprint density at radius 1 is 1.26 bits per heavy atom. The molecule has 1 fully saturated rings. The third kappa shape index (κ3) is 4.99. The number of benzene rings is 2. The minimum atomic E-state index is -0.0939. The summed E-state index contributed by atoms with van der Waals surface area (Å²) in [7, 11) is 0. The van der Waals surface area contributed by atoms with Crippen molar-refractivity contribution in [1.82, 2.24) is 4.98 Å². The molecule has 1 aromatic heterocycles. The van der Waals surface area contributed by atoms with Gasteiger partial charge in [-0.3, -0.25) is 9.69 Å². The monoisotopic (exact) mass is 440 g/mol. The zero-order valence-corrected chi connectivity index (χ0v) is 19.0. The molecule has 1 atom stereocenters. The van der Waals surface area contributed by atoms with Crippen molar-refractivity contribution in [2.24, 2.45) is 0 Å². The first-order chi connectivity index (χ1) is 15.0. The molecule has 1 amide bonds. The Hall–Kier alpha value is -2.64. The molecular formula is C24H28N2O4S. The standard InChI is InChI=1S/C24H28N2O4S/c1-4-28-20-8-5-9-21-22(20)25-24(31-21)26(15-19-7-6-14-29-19)23(27)17-10-12-18(13-11-17)30-16(2)3/h5,8-13,16,19H,4,6-7,14-15H2,1-3H3. The van der Waals surface area contributed by atoms with E-state index in [9.17, 15) is 4.79 Å². The summed E-state index contributed by atoms with van der Waals surface area (Å²) >= 11 is 1.50. The van der Waals surface area contributed by atoms with Crippen molar-refractivity contribution in [2.75, 3.05) is 24.7 Å². The molecule has 1 aliphatic rings. The second-order valence-electron chi connectivity index (χ2n) is 7.77. The van der Waals surface area contributed by atoms with E-state index in [4.69, 9.17) is 19.2 Å². The van der Waals surface area contributed by atoms with E-state index < -0.39 is 0 Å². The van der Waals surface area contributed by atoms with Gasteiger partial charge in [0.05, 0.1) is 30.1 Å². The number of para-hydroxylation sites is 1. The number of carbonyl (C=O) groups excluding carboxylic acids is 1. The molecule has 0 bridgehead atoms. The first-order valence-corrected chi connectivity index (χ1v) is 11.6. The summed E-state index contributed by atoms with van der Waals surface area (Å²) in [5, 5.41) is 0.658. The number of carbonyl (C=O) groups is 1. The third-order valence-electron chi connectivity index (χ3n) is 5.03. The van der Waals surface area contributed by atoms with Crippen molar-refractivity contribution in [3.63, 3.8) is 0 Å². The highest BCUT2D eigenvalue weighted by molar-refractivity contribution is 7.22. The van der Waals surface area contributed by atoms with Crippen molar-refractivity contribution in [3.8, 4) is 11.5 Å². The van der Waals surface area contributed by atoms with Crippen LogP contribution in [-0.4, -0.2) is 42.9 Å². The number of hydrogen-bond acceptors (Lipinski definition) is 6. The summed E-state index contributed by atoms with van der Waals surface area (Å²) < 4.78 is 18.3. The summed E-state index contributed by atoms with van der Waals surface area (Å²) in [5.74, 6) is 1.39. The van der Waals surface area contributed by atoms with Gasteiger partial charge in [-0.05, 0) is 70.0 Å². The SMILES string of the molecule is CCOc1cccc2sc(N(CC3CCCO3)C(=O)c3ccc(OC(C)C)cc3)nc12. The smallest absolute Gasteiger partial charge is 0.260 e. The molecule has 1 unspecified atom stereocenters. The second kappa shape index (κ2) is 9.66. The molecule has 3 aromatic rings. The van der Waals surface area contributed by atoms with Crippen LogP contribution in [0.2, 0.25) is 0 Å². The molecule has 1 aliphatic heterocycles. The second-order valence-corrected chi connectivity index (χ2v) is 8.78. The minimum Gasteiger partial charge on any atom is -0.492 e. The number of thiazole rings is 1. The molecule has 2 heterocycles. The van der Waals surface area contributed by atoms with E-state index in [-0.39, 0.29) is 18.1 Å². The van der Waals surface area contributed by atoms with Gasteiger partial charge >= 0.3 is 0 Å². The first-order valence-electron chi connectivity index (χ1n) is 10.8. The summed E-state index contributed by atoms with van der Waals surface area (Å²) in [6.45, 7) is 7.69. The van der Waals surface area contributed by atoms with Crippen LogP contribution in [0.15, 0.2) is 42.5 Å². The van der Waals surface area contributed by atoms with E-state index in [1.54, 1.807) is 4.90 Å². The minimum absolute atomic E-state index is 0.0193. The molecule has 4 rings (SSSR count). The molecule has 0 N–H and O–H groups in total. The zero-order valence-electron chi connectivity index (χ0n) is 18.2. The van der Waals surface area contributed by atoms with Gasteiger partial charge in [-0.25, -0.2) is 4.98 Å². The molecule has 2 aromatic carbocycles. The van der Waals surface area contributed by atoms with Crippen molar-refractivity contribution >= 4 is 32.6 Å². The molecule has 7 heteroatoms. The lowest BCUT2D eigenvalue weighted by molar-refractivity contribution is 0.0917. The maximum Gasteiger partial charge on any atom is 0.260 e. The van der Waals surface area contributed by atoms with Gasteiger partial charge in [-0.15, -0.1) is 0 Å². The van der Waals surface area contributed by atoms with E-state index in [1.807, 2.05) is 63.2 Å². The lowest BCUT2D eigenvalue weighted by atomic mass is 10.1. The Morgan fingerprint density at radius 3 is 2.74 bits per heavy atom. The number of rotatable bonds is 8. The fourth-order valence-corrected chi connectivity index (χ4v) is 4.63. The summed E-state index contributed by atoms with van der Waals surface area (Å²) in [5.41, 5.74) is 1.38. The molecule has 31 heavy (non-hydrogen) atoms. The van der Waals surface area contributed by atoms with Crippen molar-refractivity contribution in [2.45, 2.75) is 45.8 Å². The lowest BCUT2D eigenvalue weighted by Gasteiger charge is -2.23. The van der Waals surface area contributed by atoms with Crippen LogP contribution in [0, 0.1) is 0 Å². The van der Waals surface area contributed by atoms with Gasteiger partial charge in [0.1, 0.15) is 17.0 Å². The Morgan fingerprint density at radius 2 is 2.06 bits per heavy atom. The predicted octanol–water partition coefficient (Wildman–Crippen LogP) is 5.31. The number of amides is 1. The van der Waals surface area contributed by atoms with E-state index in [2.05, 4.69) is 0 Å². The molecule has 0 spiro atoms. The molecule has 0 radical (unpaired) electrons. The zero-order chi connectivity index (χ0) is 21.8. The van der Waals surface area contributed by atoms with Gasteiger partial charge in [0.15, 0.2) is 5.13 Å². The highest BCUT2D eigenvalue weighted by Gasteiger charge is 2.27. The first kappa shape index (κ1) is 21.6. The molecule has 164 valence electrons. The van der Waals surface area contributed by atoms with E-state index in [1.165, 1.54) is 11.3 Å². The predicted molar refractivity (Wildman–Crippen MR) is 124 cm³/mol. The van der Waals surface area contributed by atoms with E-state index in [0.717, 1.165) is 41.2 Å². The molecular weight excluding hydrogens is 412 g/mol. The molecule has 0 aliphatic carbocycles. The van der Waals surface area contributed by atoms with Gasteiger partial charge in [0.25, 0.3) is 5.91 Å². The quantitative estimate of drug-likeness (QED) is 0.475. The van der Waals surface area contributed by atoms with Crippen LogP contribution in [0.3, 0.4) is 0 Å². The Kier molecular flexibility index (Phi) is 6.73. The topological polar surface area (TPSA) is 60.9 Å². The van der Waals surface area contributed by atoms with Crippen LogP contribution in [0.4, 0.5) is 5.13 Å². The van der Waals surface area contributed by atoms with Crippen molar-refractivity contribution < 1.29 is 19.0 Å². The number of aromatic nitrogens is 1. The van der Waals surface area contributed by atoms with E-state index in [0.29, 0.717) is 23.8 Å². The maximum atomic E-state index is 13.5. The Bertz CT molecular complexity index is 1030. The maximum absolute atomic E-state index is 13.5. The van der Waals surface area contributed by atoms with Crippen molar-refractivity contribution in [3.05, 3.63) is 48.0 Å². The largest absolute Gasteiger partial charge is 0.492 e. The number of hydrogen-bond donors (Lipinski definition) is 0. The van der Waals surface area contributed by atoms with Gasteiger partial charge in [-0.1, -0.05) is 17.4 Å². The van der Waals surface area contributed by atoms with Crippen LogP contribution >= 0.6 is 11.3 Å². The third-order valence-corrected chi connectivity index (χ3v) is 6.07. The van der Waals surface area contributed by atoms with Gasteiger partial charge < -0.3 is 14.2 Å². The van der Waals surface area contributed by atoms with Crippen LogP contribution in [0.25, 0.3) is 10.2 Å².